The van der Waals surface area contributed by atoms with Crippen molar-refractivity contribution in [3.05, 3.63) is 87.1 Å². The molecule has 178 valence electrons. The minimum atomic E-state index is -0.555. The standard InChI is InChI=1S/C24H23N7O4/c32-23(25-19-10-4-5-11-20(19)31(34)35)16-28-14-17(26-27-28)15-29-21-12-6-7-13-22(21)30(24(29)33)18-8-2-1-3-9-18/h4-8,10-14H,1-3,9,15-16H2,(H,25,32). The first kappa shape index (κ1) is 22.3. The molecule has 1 aliphatic rings. The van der Waals surface area contributed by atoms with Crippen molar-refractivity contribution in [3.63, 3.8) is 0 Å². The van der Waals surface area contributed by atoms with E-state index in [1.807, 2.05) is 24.3 Å². The van der Waals surface area contributed by atoms with E-state index in [1.54, 1.807) is 21.4 Å². The van der Waals surface area contributed by atoms with Crippen LogP contribution in [0.15, 0.2) is 65.6 Å². The van der Waals surface area contributed by atoms with Gasteiger partial charge in [-0.1, -0.05) is 35.6 Å². The fourth-order valence-corrected chi connectivity index (χ4v) is 4.39. The number of nitro benzene ring substituents is 1. The lowest BCUT2D eigenvalue weighted by Crippen LogP contribution is -2.25. The number of fused-ring (bicyclic) bond motifs is 1. The second kappa shape index (κ2) is 9.37. The molecule has 0 bridgehead atoms. The Kier molecular flexibility index (Phi) is 5.96. The van der Waals surface area contributed by atoms with Gasteiger partial charge in [-0.05, 0) is 43.9 Å². The van der Waals surface area contributed by atoms with Crippen LogP contribution in [0.2, 0.25) is 0 Å². The zero-order chi connectivity index (χ0) is 24.4. The first-order valence-corrected chi connectivity index (χ1v) is 11.3. The molecule has 0 radical (unpaired) electrons. The number of nitrogens with one attached hydrogen (secondary N) is 1. The van der Waals surface area contributed by atoms with Crippen LogP contribution in [0.1, 0.15) is 31.4 Å². The Morgan fingerprint density at radius 3 is 2.63 bits per heavy atom. The molecule has 0 aliphatic heterocycles. The first-order chi connectivity index (χ1) is 17.0. The zero-order valence-electron chi connectivity index (χ0n) is 18.8. The highest BCUT2D eigenvalue weighted by Gasteiger charge is 2.19. The summed E-state index contributed by atoms with van der Waals surface area (Å²) in [5.74, 6) is -0.478. The van der Waals surface area contributed by atoms with Gasteiger partial charge >= 0.3 is 5.69 Å². The van der Waals surface area contributed by atoms with Crippen molar-refractivity contribution in [2.75, 3.05) is 5.32 Å². The topological polar surface area (TPSA) is 130 Å². The highest BCUT2D eigenvalue weighted by atomic mass is 16.6. The molecule has 2 aromatic carbocycles. The van der Waals surface area contributed by atoms with E-state index >= 15 is 0 Å². The summed E-state index contributed by atoms with van der Waals surface area (Å²) in [5.41, 5.74) is 2.97. The molecule has 2 aromatic heterocycles. The lowest BCUT2D eigenvalue weighted by atomic mass is 10.0. The lowest BCUT2D eigenvalue weighted by molar-refractivity contribution is -0.383. The number of anilines is 1. The molecule has 1 N–H and O–H groups in total. The van der Waals surface area contributed by atoms with Crippen LogP contribution in [0.5, 0.6) is 0 Å². The van der Waals surface area contributed by atoms with Gasteiger partial charge in [-0.3, -0.25) is 24.0 Å². The lowest BCUT2D eigenvalue weighted by Gasteiger charge is -2.13. The molecule has 0 unspecified atom stereocenters. The van der Waals surface area contributed by atoms with Gasteiger partial charge in [0.05, 0.1) is 28.7 Å². The van der Waals surface area contributed by atoms with Crippen LogP contribution in [-0.4, -0.2) is 35.0 Å². The second-order valence-electron chi connectivity index (χ2n) is 8.36. The number of hydrogen-bond acceptors (Lipinski definition) is 6. The Morgan fingerprint density at radius 1 is 1.09 bits per heavy atom. The van der Waals surface area contributed by atoms with Gasteiger partial charge < -0.3 is 5.32 Å². The largest absolute Gasteiger partial charge is 0.333 e. The van der Waals surface area contributed by atoms with E-state index in [2.05, 4.69) is 21.7 Å². The smallest absolute Gasteiger partial charge is 0.319 e. The molecule has 11 nitrogen and oxygen atoms in total. The van der Waals surface area contributed by atoms with Gasteiger partial charge in [-0.2, -0.15) is 0 Å². The van der Waals surface area contributed by atoms with E-state index in [-0.39, 0.29) is 30.2 Å². The molecule has 4 aromatic rings. The van der Waals surface area contributed by atoms with Crippen LogP contribution in [0, 0.1) is 10.1 Å². The molecule has 5 rings (SSSR count). The Balaban J connectivity index is 1.36. The number of rotatable bonds is 7. The third-order valence-electron chi connectivity index (χ3n) is 5.98. The number of imidazole rings is 1. The summed E-state index contributed by atoms with van der Waals surface area (Å²) < 4.78 is 4.78. The number of carbonyl (C=O) groups is 1. The summed E-state index contributed by atoms with van der Waals surface area (Å²) in [6.07, 6.45) is 7.74. The van der Waals surface area contributed by atoms with Crippen LogP contribution in [0.4, 0.5) is 11.4 Å². The normalized spacial score (nSPS) is 13.5. The van der Waals surface area contributed by atoms with E-state index in [1.165, 1.54) is 22.9 Å². The summed E-state index contributed by atoms with van der Waals surface area (Å²) in [6, 6.07) is 13.6. The highest BCUT2D eigenvalue weighted by Crippen LogP contribution is 2.25. The van der Waals surface area contributed by atoms with Crippen LogP contribution in [0.25, 0.3) is 16.7 Å². The van der Waals surface area contributed by atoms with E-state index in [0.29, 0.717) is 5.69 Å². The van der Waals surface area contributed by atoms with Crippen LogP contribution in [0.3, 0.4) is 0 Å². The SMILES string of the molecule is O=C(Cn1cc(Cn2c(=O)n(C3=CCCCC3)c3ccccc32)nn1)Nc1ccccc1[N+](=O)[O-]. The number of benzene rings is 2. The fraction of sp³-hybridized carbons (Fsp3) is 0.250. The third kappa shape index (κ3) is 4.47. The maximum absolute atomic E-state index is 13.4. The molecule has 0 saturated carbocycles. The van der Waals surface area contributed by atoms with E-state index in [0.717, 1.165) is 42.4 Å². The number of carbonyl (C=O) groups excluding carboxylic acids is 1. The molecule has 11 heteroatoms. The predicted molar refractivity (Wildman–Crippen MR) is 130 cm³/mol. The summed E-state index contributed by atoms with van der Waals surface area (Å²) >= 11 is 0. The molecule has 0 saturated heterocycles. The van der Waals surface area contributed by atoms with Gasteiger partial charge in [0.15, 0.2) is 0 Å². The molecular weight excluding hydrogens is 450 g/mol. The van der Waals surface area contributed by atoms with E-state index < -0.39 is 10.8 Å². The van der Waals surface area contributed by atoms with Crippen molar-refractivity contribution in [3.8, 4) is 0 Å². The number of hydrogen-bond donors (Lipinski definition) is 1. The van der Waals surface area contributed by atoms with Gasteiger partial charge in [0, 0.05) is 11.8 Å². The fourth-order valence-electron chi connectivity index (χ4n) is 4.39. The molecule has 0 fully saturated rings. The number of amides is 1. The minimum absolute atomic E-state index is 0.110. The molecular formula is C24H23N7O4. The van der Waals surface area contributed by atoms with Crippen LogP contribution >= 0.6 is 0 Å². The summed E-state index contributed by atoms with van der Waals surface area (Å²) in [4.78, 5) is 36.4. The van der Waals surface area contributed by atoms with Gasteiger partial charge in [-0.25, -0.2) is 9.48 Å². The monoisotopic (exact) mass is 473 g/mol. The Bertz CT molecular complexity index is 1510. The van der Waals surface area contributed by atoms with Crippen LogP contribution < -0.4 is 11.0 Å². The van der Waals surface area contributed by atoms with Crippen molar-refractivity contribution in [1.29, 1.82) is 0 Å². The first-order valence-electron chi connectivity index (χ1n) is 11.3. The molecule has 0 spiro atoms. The maximum atomic E-state index is 13.4. The van der Waals surface area contributed by atoms with Crippen molar-refractivity contribution in [2.24, 2.45) is 0 Å². The number of nitro groups is 1. The number of allylic oxidation sites excluding steroid dienone is 2. The van der Waals surface area contributed by atoms with Crippen molar-refractivity contribution < 1.29 is 9.72 Å². The quantitative estimate of drug-likeness (QED) is 0.323. The van der Waals surface area contributed by atoms with Crippen molar-refractivity contribution in [1.82, 2.24) is 24.1 Å². The summed E-state index contributed by atoms with van der Waals surface area (Å²) in [5, 5.41) is 21.8. The maximum Gasteiger partial charge on any atom is 0.333 e. The highest BCUT2D eigenvalue weighted by molar-refractivity contribution is 5.92. The van der Waals surface area contributed by atoms with E-state index in [9.17, 15) is 19.7 Å². The predicted octanol–water partition coefficient (Wildman–Crippen LogP) is 3.40. The van der Waals surface area contributed by atoms with Gasteiger partial charge in [-0.15, -0.1) is 5.10 Å². The Hall–Kier alpha value is -4.54. The second-order valence-corrected chi connectivity index (χ2v) is 8.36. The summed E-state index contributed by atoms with van der Waals surface area (Å²) in [7, 11) is 0. The molecule has 1 aliphatic carbocycles. The average molecular weight is 473 g/mol. The molecule has 35 heavy (non-hydrogen) atoms. The Labute approximate surface area is 199 Å². The number of nitrogens with zero attached hydrogens (tertiary/aromatic N) is 6. The van der Waals surface area contributed by atoms with Gasteiger partial charge in [0.25, 0.3) is 5.69 Å². The van der Waals surface area contributed by atoms with Gasteiger partial charge in [0.2, 0.25) is 5.91 Å². The molecule has 1 amide bonds. The Morgan fingerprint density at radius 2 is 1.86 bits per heavy atom. The van der Waals surface area contributed by atoms with E-state index in [4.69, 9.17) is 0 Å². The molecule has 0 atom stereocenters. The average Bonchev–Trinajstić information content (AvgIpc) is 3.41. The van der Waals surface area contributed by atoms with Crippen molar-refractivity contribution >= 4 is 34.0 Å². The van der Waals surface area contributed by atoms with Gasteiger partial charge in [0.1, 0.15) is 17.9 Å². The molecule has 2 heterocycles. The minimum Gasteiger partial charge on any atom is -0.319 e. The zero-order valence-corrected chi connectivity index (χ0v) is 18.8. The third-order valence-corrected chi connectivity index (χ3v) is 5.98. The number of para-hydroxylation sites is 4. The summed E-state index contributed by atoms with van der Waals surface area (Å²) in [6.45, 7) is 0.0218. The van der Waals surface area contributed by atoms with Crippen LogP contribution in [-0.2, 0) is 17.9 Å². The number of aromatic nitrogens is 5. The van der Waals surface area contributed by atoms with Crippen molar-refractivity contribution in [2.45, 2.75) is 38.8 Å².